The van der Waals surface area contributed by atoms with E-state index in [0.717, 1.165) is 24.4 Å². The Bertz CT molecular complexity index is 807. The first-order valence-electron chi connectivity index (χ1n) is 7.15. The summed E-state index contributed by atoms with van der Waals surface area (Å²) in [6, 6.07) is 10.4. The normalized spacial score (nSPS) is 10.4. The summed E-state index contributed by atoms with van der Waals surface area (Å²) in [5.74, 6) is -0.304. The second-order valence-electron chi connectivity index (χ2n) is 4.83. The molecular weight excluding hydrogens is 328 g/mol. The number of methoxy groups -OCH3 is 1. The number of nitrogens with zero attached hydrogens (tertiary/aromatic N) is 2. The van der Waals surface area contributed by atoms with Crippen LogP contribution in [0.3, 0.4) is 0 Å². The zero-order chi connectivity index (χ0) is 18.2. The molecule has 0 aliphatic rings. The van der Waals surface area contributed by atoms with Gasteiger partial charge in [0.2, 0.25) is 0 Å². The summed E-state index contributed by atoms with van der Waals surface area (Å²) in [7, 11) is 1.52. The highest BCUT2D eigenvalue weighted by atomic mass is 16.6. The monoisotopic (exact) mass is 343 g/mol. The second kappa shape index (κ2) is 8.29. The smallest absolute Gasteiger partial charge is 0.270 e. The van der Waals surface area contributed by atoms with Gasteiger partial charge in [0.1, 0.15) is 5.75 Å². The predicted molar refractivity (Wildman–Crippen MR) is 89.8 cm³/mol. The molecule has 25 heavy (non-hydrogen) atoms. The molecule has 9 heteroatoms. The van der Waals surface area contributed by atoms with Crippen molar-refractivity contribution in [3.63, 3.8) is 0 Å². The lowest BCUT2D eigenvalue weighted by atomic mass is 10.2. The summed E-state index contributed by atoms with van der Waals surface area (Å²) in [5, 5.41) is 28.8. The van der Waals surface area contributed by atoms with Crippen LogP contribution in [0.4, 0.5) is 11.4 Å². The number of rotatable bonds is 7. The lowest BCUT2D eigenvalue weighted by molar-refractivity contribution is -0.385. The molecule has 0 unspecified atom stereocenters. The summed E-state index contributed by atoms with van der Waals surface area (Å²) in [6.07, 6.45) is 1.07. The third-order valence-corrected chi connectivity index (χ3v) is 3.14. The minimum absolute atomic E-state index is 0.00666. The highest BCUT2D eigenvalue weighted by Gasteiger charge is 2.06. The molecule has 0 heterocycles. The highest BCUT2D eigenvalue weighted by molar-refractivity contribution is 5.86. The van der Waals surface area contributed by atoms with Gasteiger partial charge >= 0.3 is 0 Å². The van der Waals surface area contributed by atoms with E-state index < -0.39 is 16.6 Å². The van der Waals surface area contributed by atoms with E-state index in [2.05, 4.69) is 15.8 Å². The molecule has 0 aromatic heterocycles. The molecule has 0 aliphatic carbocycles. The molecule has 2 aromatic carbocycles. The van der Waals surface area contributed by atoms with Crippen molar-refractivity contribution >= 4 is 23.5 Å². The summed E-state index contributed by atoms with van der Waals surface area (Å²) in [5.41, 5.74) is 2.65. The van der Waals surface area contributed by atoms with Crippen LogP contribution in [0, 0.1) is 10.1 Å². The van der Waals surface area contributed by atoms with Gasteiger partial charge in [0.05, 0.1) is 30.5 Å². The van der Waals surface area contributed by atoms with Gasteiger partial charge in [-0.15, -0.1) is 0 Å². The number of nitro groups is 1. The molecule has 0 bridgehead atoms. The molecule has 2 N–H and O–H groups in total. The Labute approximate surface area is 143 Å². The van der Waals surface area contributed by atoms with Gasteiger partial charge in [-0.3, -0.25) is 14.9 Å². The molecule has 9 nitrogen and oxygen atoms in total. The van der Waals surface area contributed by atoms with E-state index in [0.29, 0.717) is 11.4 Å². The number of non-ortho nitro benzene ring substituents is 1. The fourth-order valence-electron chi connectivity index (χ4n) is 1.93. The zero-order valence-electron chi connectivity index (χ0n) is 13.3. The molecule has 0 fully saturated rings. The number of hydrazone groups is 1. The number of amides is 1. The van der Waals surface area contributed by atoms with E-state index in [1.165, 1.54) is 7.11 Å². The number of benzene rings is 2. The zero-order valence-corrected chi connectivity index (χ0v) is 13.3. The van der Waals surface area contributed by atoms with Crippen molar-refractivity contribution < 1.29 is 19.6 Å². The van der Waals surface area contributed by atoms with Gasteiger partial charge in [-0.25, -0.2) is 5.43 Å². The summed E-state index contributed by atoms with van der Waals surface area (Å²) >= 11 is 0. The standard InChI is InChI=1S/C16H16N4O5/c1-25-15-5-3-2-4-13(15)17-10-16(22)19-18-9-11-8-12(20(23)24)6-7-14(11)21/h2-9,17,21H,10H2,1H3,(H,19,22)/p-1. The maximum absolute atomic E-state index is 11.8. The topological polar surface area (TPSA) is 129 Å². The number of para-hydroxylation sites is 2. The van der Waals surface area contributed by atoms with E-state index in [-0.39, 0.29) is 17.8 Å². The summed E-state index contributed by atoms with van der Waals surface area (Å²) in [6.45, 7) is -0.0725. The lowest BCUT2D eigenvalue weighted by Crippen LogP contribution is -2.26. The van der Waals surface area contributed by atoms with Crippen molar-refractivity contribution in [2.45, 2.75) is 0 Å². The van der Waals surface area contributed by atoms with Crippen LogP contribution in [0.25, 0.3) is 0 Å². The van der Waals surface area contributed by atoms with Gasteiger partial charge in [-0.2, -0.15) is 5.10 Å². The van der Waals surface area contributed by atoms with Crippen molar-refractivity contribution in [2.24, 2.45) is 5.10 Å². The molecule has 2 rings (SSSR count). The summed E-state index contributed by atoms with van der Waals surface area (Å²) < 4.78 is 5.15. The quantitative estimate of drug-likeness (QED) is 0.442. The van der Waals surface area contributed by atoms with E-state index in [1.807, 2.05) is 0 Å². The molecule has 0 aliphatic heterocycles. The van der Waals surface area contributed by atoms with Gasteiger partial charge in [-0.05, 0) is 17.7 Å². The summed E-state index contributed by atoms with van der Waals surface area (Å²) in [4.78, 5) is 21.8. The Morgan fingerprint density at radius 3 is 2.80 bits per heavy atom. The van der Waals surface area contributed by atoms with Gasteiger partial charge in [-0.1, -0.05) is 23.9 Å². The average Bonchev–Trinajstić information content (AvgIpc) is 2.61. The van der Waals surface area contributed by atoms with Gasteiger partial charge in [0, 0.05) is 12.1 Å². The fourth-order valence-corrected chi connectivity index (χ4v) is 1.93. The van der Waals surface area contributed by atoms with Crippen molar-refractivity contribution in [1.82, 2.24) is 5.43 Å². The Morgan fingerprint density at radius 2 is 2.08 bits per heavy atom. The van der Waals surface area contributed by atoms with E-state index in [4.69, 9.17) is 4.74 Å². The molecule has 0 saturated heterocycles. The SMILES string of the molecule is COc1ccccc1NCC(=O)NN=Cc1cc([N+](=O)[O-])ccc1[O-]. The van der Waals surface area contributed by atoms with Crippen LogP contribution < -0.4 is 20.6 Å². The van der Waals surface area contributed by atoms with Crippen molar-refractivity contribution in [2.75, 3.05) is 19.0 Å². The van der Waals surface area contributed by atoms with Crippen LogP contribution in [-0.2, 0) is 4.79 Å². The number of carbonyl (C=O) groups excluding carboxylic acids is 1. The Balaban J connectivity index is 1.92. The number of anilines is 1. The second-order valence-corrected chi connectivity index (χ2v) is 4.83. The van der Waals surface area contributed by atoms with E-state index in [1.54, 1.807) is 24.3 Å². The highest BCUT2D eigenvalue weighted by Crippen LogP contribution is 2.22. The van der Waals surface area contributed by atoms with Crippen molar-refractivity contribution in [1.29, 1.82) is 0 Å². The number of hydrogen-bond donors (Lipinski definition) is 2. The van der Waals surface area contributed by atoms with Gasteiger partial charge < -0.3 is 15.2 Å². The maximum Gasteiger partial charge on any atom is 0.270 e. The molecule has 1 amide bonds. The molecule has 2 aromatic rings. The fraction of sp³-hybridized carbons (Fsp3) is 0.125. The van der Waals surface area contributed by atoms with Gasteiger partial charge in [0.25, 0.3) is 11.6 Å². The molecule has 0 radical (unpaired) electrons. The maximum atomic E-state index is 11.8. The Morgan fingerprint density at radius 1 is 1.32 bits per heavy atom. The third-order valence-electron chi connectivity index (χ3n) is 3.14. The van der Waals surface area contributed by atoms with Crippen LogP contribution in [-0.4, -0.2) is 30.7 Å². The van der Waals surface area contributed by atoms with Crippen LogP contribution in [0.2, 0.25) is 0 Å². The number of hydrogen-bond acceptors (Lipinski definition) is 7. The van der Waals surface area contributed by atoms with Gasteiger partial charge in [0.15, 0.2) is 0 Å². The third kappa shape index (κ3) is 4.93. The van der Waals surface area contributed by atoms with Crippen LogP contribution in [0.1, 0.15) is 5.56 Å². The molecule has 130 valence electrons. The predicted octanol–water partition coefficient (Wildman–Crippen LogP) is 1.24. The first-order chi connectivity index (χ1) is 12.0. The minimum atomic E-state index is -0.619. The number of ether oxygens (including phenoxy) is 1. The largest absolute Gasteiger partial charge is 0.872 e. The number of carbonyl (C=O) groups is 1. The van der Waals surface area contributed by atoms with E-state index >= 15 is 0 Å². The van der Waals surface area contributed by atoms with E-state index in [9.17, 15) is 20.0 Å². The molecule has 0 atom stereocenters. The van der Waals surface area contributed by atoms with Crippen molar-refractivity contribution in [3.05, 3.63) is 58.1 Å². The molecule has 0 saturated carbocycles. The van der Waals surface area contributed by atoms with Crippen LogP contribution in [0.5, 0.6) is 11.5 Å². The molecular formula is C16H15N4O5-. The number of nitro benzene ring substituents is 1. The average molecular weight is 343 g/mol. The first-order valence-corrected chi connectivity index (χ1v) is 7.15. The van der Waals surface area contributed by atoms with Crippen LogP contribution >= 0.6 is 0 Å². The lowest BCUT2D eigenvalue weighted by Gasteiger charge is -2.10. The minimum Gasteiger partial charge on any atom is -0.872 e. The number of nitrogens with one attached hydrogen (secondary N) is 2. The first kappa shape index (κ1) is 17.7. The Hall–Kier alpha value is -3.62. The Kier molecular flexibility index (Phi) is 5.88. The van der Waals surface area contributed by atoms with Crippen molar-refractivity contribution in [3.8, 4) is 11.5 Å². The van der Waals surface area contributed by atoms with Crippen LogP contribution in [0.15, 0.2) is 47.6 Å². The molecule has 0 spiro atoms.